The van der Waals surface area contributed by atoms with Crippen LogP contribution in [0.5, 0.6) is 11.5 Å². The quantitative estimate of drug-likeness (QED) is 0.313. The van der Waals surface area contributed by atoms with Gasteiger partial charge in [0.25, 0.3) is 5.56 Å². The van der Waals surface area contributed by atoms with E-state index in [0.29, 0.717) is 29.9 Å². The molecule has 0 saturated carbocycles. The van der Waals surface area contributed by atoms with Gasteiger partial charge in [0.05, 0.1) is 28.5 Å². The maximum atomic E-state index is 14.9. The number of rotatable bonds is 7. The molecule has 2 saturated heterocycles. The van der Waals surface area contributed by atoms with Crippen molar-refractivity contribution in [3.63, 3.8) is 0 Å². The van der Waals surface area contributed by atoms with E-state index in [1.165, 1.54) is 29.1 Å². The summed E-state index contributed by atoms with van der Waals surface area (Å²) in [5, 5.41) is 13.4. The number of aromatic nitrogens is 3. The number of fused-ring (bicyclic) bond motifs is 1. The normalized spacial score (nSPS) is 17.5. The smallest absolute Gasteiger partial charge is 0.265 e. The minimum Gasteiger partial charge on any atom is -0.453 e. The fraction of sp³-hybridized carbons (Fsp3) is 0.286. The van der Waals surface area contributed by atoms with E-state index < -0.39 is 12.0 Å². The number of nitrogens with one attached hydrogen (secondary N) is 2. The van der Waals surface area contributed by atoms with Gasteiger partial charge in [-0.3, -0.25) is 9.36 Å². The third kappa shape index (κ3) is 5.67. The molecule has 1 unspecified atom stereocenters. The van der Waals surface area contributed by atoms with Gasteiger partial charge in [-0.25, -0.2) is 23.1 Å². The first-order valence-corrected chi connectivity index (χ1v) is 13.9. The van der Waals surface area contributed by atoms with Gasteiger partial charge in [0.2, 0.25) is 0 Å². The lowest BCUT2D eigenvalue weighted by atomic mass is 10.1. The summed E-state index contributed by atoms with van der Waals surface area (Å²) in [6.45, 7) is 4.32. The number of anilines is 2. The van der Waals surface area contributed by atoms with Crippen molar-refractivity contribution in [1.82, 2.24) is 24.2 Å². The fourth-order valence-corrected chi connectivity index (χ4v) is 5.64. The second-order valence-electron chi connectivity index (χ2n) is 9.69. The zero-order valence-corrected chi connectivity index (χ0v) is 22.7. The number of nitriles is 1. The monoisotopic (exact) mass is 576 g/mol. The molecule has 2 aliphatic rings. The fourth-order valence-electron chi connectivity index (χ4n) is 4.81. The largest absolute Gasteiger partial charge is 0.453 e. The number of ether oxygens (including phenoxy) is 1. The average molecular weight is 577 g/mol. The maximum absolute atomic E-state index is 14.9. The number of pyridine rings is 1. The molecular formula is C28H26F2N8O2S. The Hall–Kier alpha value is -4.25. The van der Waals surface area contributed by atoms with Crippen LogP contribution in [0.3, 0.4) is 0 Å². The van der Waals surface area contributed by atoms with Crippen molar-refractivity contribution in [2.24, 2.45) is 0 Å². The first-order valence-electron chi connectivity index (χ1n) is 13.2. The van der Waals surface area contributed by atoms with E-state index in [1.54, 1.807) is 22.6 Å². The third-order valence-electron chi connectivity index (χ3n) is 7.00. The zero-order valence-electron chi connectivity index (χ0n) is 21.9. The van der Waals surface area contributed by atoms with Gasteiger partial charge in [-0.2, -0.15) is 5.26 Å². The molecule has 10 nitrogen and oxygen atoms in total. The van der Waals surface area contributed by atoms with Crippen LogP contribution in [0.25, 0.3) is 16.6 Å². The summed E-state index contributed by atoms with van der Waals surface area (Å²) in [6, 6.07) is 12.9. The van der Waals surface area contributed by atoms with Gasteiger partial charge in [-0.05, 0) is 48.9 Å². The second-order valence-corrected chi connectivity index (χ2v) is 10.6. The molecule has 4 aromatic rings. The van der Waals surface area contributed by atoms with Crippen LogP contribution < -0.4 is 25.2 Å². The van der Waals surface area contributed by atoms with Crippen LogP contribution in [0.15, 0.2) is 59.8 Å². The summed E-state index contributed by atoms with van der Waals surface area (Å²) < 4.78 is 40.4. The Balaban J connectivity index is 1.26. The molecule has 1 atom stereocenters. The third-order valence-corrected chi connectivity index (χ3v) is 7.90. The van der Waals surface area contributed by atoms with Crippen LogP contribution in [0.1, 0.15) is 12.0 Å². The Kier molecular flexibility index (Phi) is 7.69. The highest BCUT2D eigenvalue weighted by atomic mass is 32.2. The summed E-state index contributed by atoms with van der Waals surface area (Å²) in [5.41, 5.74) is 0.932. The molecule has 2 N–H and O–H groups in total. The van der Waals surface area contributed by atoms with Crippen molar-refractivity contribution in [1.29, 1.82) is 5.26 Å². The number of benzene rings is 2. The van der Waals surface area contributed by atoms with Gasteiger partial charge >= 0.3 is 0 Å². The van der Waals surface area contributed by atoms with Gasteiger partial charge in [0.1, 0.15) is 35.7 Å². The van der Waals surface area contributed by atoms with Crippen LogP contribution in [-0.4, -0.2) is 64.3 Å². The summed E-state index contributed by atoms with van der Waals surface area (Å²) >= 11 is 1.15. The second kappa shape index (κ2) is 11.7. The van der Waals surface area contributed by atoms with E-state index >= 15 is 0 Å². The molecule has 210 valence electrons. The number of halogens is 2. The molecule has 2 fully saturated rings. The molecule has 0 spiro atoms. The zero-order chi connectivity index (χ0) is 28.3. The summed E-state index contributed by atoms with van der Waals surface area (Å²) in [5.74, 6) is -0.00726. The highest BCUT2D eigenvalue weighted by molar-refractivity contribution is 7.98. The highest BCUT2D eigenvalue weighted by Crippen LogP contribution is 2.35. The predicted molar refractivity (Wildman–Crippen MR) is 154 cm³/mol. The van der Waals surface area contributed by atoms with Crippen LogP contribution in [-0.2, 0) is 0 Å². The molecule has 0 amide bonds. The first kappa shape index (κ1) is 26.9. The van der Waals surface area contributed by atoms with E-state index in [1.807, 2.05) is 18.2 Å². The lowest BCUT2D eigenvalue weighted by molar-refractivity contribution is 0.349. The van der Waals surface area contributed by atoms with Crippen LogP contribution in [0.2, 0.25) is 0 Å². The van der Waals surface area contributed by atoms with E-state index in [0.717, 1.165) is 44.1 Å². The first-order chi connectivity index (χ1) is 20.0. The SMILES string of the molecule is N#Cc1c(NSN2CCC(F)C2)ccc(F)c1Oc1ccc2ncn(-c3ccc(N4CCNCC4)nc3)c(=O)c2c1. The molecule has 2 aliphatic heterocycles. The Labute approximate surface area is 238 Å². The minimum atomic E-state index is -0.897. The highest BCUT2D eigenvalue weighted by Gasteiger charge is 2.23. The molecule has 2 aromatic carbocycles. The molecule has 0 bridgehead atoms. The van der Waals surface area contributed by atoms with E-state index in [2.05, 4.69) is 24.9 Å². The van der Waals surface area contributed by atoms with E-state index in [9.17, 15) is 18.8 Å². The Bertz CT molecular complexity index is 1670. The lowest BCUT2D eigenvalue weighted by Crippen LogP contribution is -2.43. The van der Waals surface area contributed by atoms with E-state index in [-0.39, 0.29) is 34.6 Å². The minimum absolute atomic E-state index is 0.0483. The lowest BCUT2D eigenvalue weighted by Gasteiger charge is -2.28. The Morgan fingerprint density at radius 1 is 1.12 bits per heavy atom. The number of hydrogen-bond donors (Lipinski definition) is 2. The molecule has 0 radical (unpaired) electrons. The standard InChI is InChI=1S/C28H26F2N8O2S/c29-18-7-10-37(16-18)41-35-25-5-3-23(30)27(22(25)14-31)40-20-2-4-24-21(13-20)28(39)38(17-34-24)19-1-6-26(33-15-19)36-11-8-32-9-12-36/h1-6,13,15,17-18,32,35H,7-12,16H2. The topological polar surface area (TPSA) is 111 Å². The number of hydrogen-bond acceptors (Lipinski definition) is 10. The average Bonchev–Trinajstić information content (AvgIpc) is 3.43. The van der Waals surface area contributed by atoms with Crippen molar-refractivity contribution < 1.29 is 13.5 Å². The van der Waals surface area contributed by atoms with Crippen molar-refractivity contribution >= 4 is 34.5 Å². The van der Waals surface area contributed by atoms with E-state index in [4.69, 9.17) is 4.74 Å². The van der Waals surface area contributed by atoms with Gasteiger partial charge in [0, 0.05) is 51.4 Å². The van der Waals surface area contributed by atoms with Crippen molar-refractivity contribution in [3.05, 3.63) is 76.7 Å². The molecule has 2 aromatic heterocycles. The molecule has 13 heteroatoms. The molecule has 4 heterocycles. The molecular weight excluding hydrogens is 550 g/mol. The van der Waals surface area contributed by atoms with Crippen molar-refractivity contribution in [2.75, 3.05) is 48.9 Å². The Morgan fingerprint density at radius 2 is 1.98 bits per heavy atom. The van der Waals surface area contributed by atoms with Gasteiger partial charge < -0.3 is 19.7 Å². The van der Waals surface area contributed by atoms with Crippen molar-refractivity contribution in [2.45, 2.75) is 12.6 Å². The van der Waals surface area contributed by atoms with Crippen molar-refractivity contribution in [3.8, 4) is 23.3 Å². The maximum Gasteiger partial charge on any atom is 0.265 e. The Morgan fingerprint density at radius 3 is 2.71 bits per heavy atom. The number of piperazine rings is 1. The summed E-state index contributed by atoms with van der Waals surface area (Å²) in [7, 11) is 0. The van der Waals surface area contributed by atoms with Gasteiger partial charge in [0.15, 0.2) is 11.6 Å². The van der Waals surface area contributed by atoms with Gasteiger partial charge in [-0.1, -0.05) is 0 Å². The van der Waals surface area contributed by atoms with Crippen LogP contribution in [0, 0.1) is 17.1 Å². The molecule has 6 rings (SSSR count). The summed E-state index contributed by atoms with van der Waals surface area (Å²) in [6.07, 6.45) is 2.62. The predicted octanol–water partition coefficient (Wildman–Crippen LogP) is 4.01. The molecule has 0 aliphatic carbocycles. The van der Waals surface area contributed by atoms with Gasteiger partial charge in [-0.15, -0.1) is 0 Å². The van der Waals surface area contributed by atoms with Crippen LogP contribution in [0.4, 0.5) is 20.3 Å². The number of nitrogens with zero attached hydrogens (tertiary/aromatic N) is 6. The number of alkyl halides is 1. The molecule has 41 heavy (non-hydrogen) atoms. The van der Waals surface area contributed by atoms with Crippen LogP contribution >= 0.6 is 12.1 Å². The summed E-state index contributed by atoms with van der Waals surface area (Å²) in [4.78, 5) is 24.6.